The minimum atomic E-state index is -0.260. The number of carbonyl (C=O) groups excluding carboxylic acids is 1. The molecule has 132 valence electrons. The van der Waals surface area contributed by atoms with E-state index in [0.29, 0.717) is 19.0 Å². The van der Waals surface area contributed by atoms with Gasteiger partial charge in [-0.25, -0.2) is 9.78 Å². The summed E-state index contributed by atoms with van der Waals surface area (Å²) >= 11 is 0. The van der Waals surface area contributed by atoms with Gasteiger partial charge in [0.1, 0.15) is 6.61 Å². The predicted octanol–water partition coefficient (Wildman–Crippen LogP) is 4.26. The summed E-state index contributed by atoms with van der Waals surface area (Å²) in [6.45, 7) is 3.04. The minimum Gasteiger partial charge on any atom is -0.481 e. The average molecular weight is 340 g/mol. The summed E-state index contributed by atoms with van der Waals surface area (Å²) in [5, 5.41) is 0. The molecule has 5 nitrogen and oxygen atoms in total. The standard InChI is InChI=1S/C20H24N2O3/c1-15-12-19(24-2)21-13-17(15)18-10-6-7-11-22(18)20(23)25-14-16-8-4-3-5-9-16/h3-5,8-9,12-13,18H,6-7,10-11,14H2,1-2H3/t18-/m0/s1. The van der Waals surface area contributed by atoms with E-state index in [2.05, 4.69) is 4.98 Å². The van der Waals surface area contributed by atoms with E-state index in [1.165, 1.54) is 0 Å². The van der Waals surface area contributed by atoms with Crippen molar-refractivity contribution in [3.05, 3.63) is 59.3 Å². The highest BCUT2D eigenvalue weighted by atomic mass is 16.6. The molecule has 2 heterocycles. The van der Waals surface area contributed by atoms with Gasteiger partial charge in [-0.1, -0.05) is 30.3 Å². The van der Waals surface area contributed by atoms with Crippen LogP contribution < -0.4 is 4.74 Å². The monoisotopic (exact) mass is 340 g/mol. The Morgan fingerprint density at radius 1 is 1.28 bits per heavy atom. The summed E-state index contributed by atoms with van der Waals surface area (Å²) in [7, 11) is 1.61. The van der Waals surface area contributed by atoms with Gasteiger partial charge in [0, 0.05) is 18.8 Å². The lowest BCUT2D eigenvalue weighted by Crippen LogP contribution is -2.39. The van der Waals surface area contributed by atoms with Crippen LogP contribution in [0.2, 0.25) is 0 Å². The number of likely N-dealkylation sites (tertiary alicyclic amines) is 1. The number of carbonyl (C=O) groups is 1. The van der Waals surface area contributed by atoms with Crippen molar-refractivity contribution in [1.82, 2.24) is 9.88 Å². The first-order chi connectivity index (χ1) is 12.2. The van der Waals surface area contributed by atoms with E-state index in [-0.39, 0.29) is 12.1 Å². The Bertz CT molecular complexity index is 718. The molecule has 0 N–H and O–H groups in total. The lowest BCUT2D eigenvalue weighted by atomic mass is 9.94. The van der Waals surface area contributed by atoms with E-state index in [4.69, 9.17) is 9.47 Å². The van der Waals surface area contributed by atoms with Crippen molar-refractivity contribution in [3.8, 4) is 5.88 Å². The number of pyridine rings is 1. The van der Waals surface area contributed by atoms with Gasteiger partial charge in [0.15, 0.2) is 0 Å². The topological polar surface area (TPSA) is 51.7 Å². The maximum absolute atomic E-state index is 12.6. The van der Waals surface area contributed by atoms with E-state index >= 15 is 0 Å². The fourth-order valence-electron chi connectivity index (χ4n) is 3.28. The third-order valence-electron chi connectivity index (χ3n) is 4.64. The highest BCUT2D eigenvalue weighted by Crippen LogP contribution is 2.33. The molecule has 2 aromatic rings. The Morgan fingerprint density at radius 3 is 2.80 bits per heavy atom. The van der Waals surface area contributed by atoms with Crippen molar-refractivity contribution in [2.75, 3.05) is 13.7 Å². The van der Waals surface area contributed by atoms with Crippen molar-refractivity contribution in [3.63, 3.8) is 0 Å². The van der Waals surface area contributed by atoms with Gasteiger partial charge in [0.25, 0.3) is 0 Å². The Kier molecular flexibility index (Phi) is 5.53. The number of ether oxygens (including phenoxy) is 2. The van der Waals surface area contributed by atoms with Gasteiger partial charge in [-0.3, -0.25) is 0 Å². The van der Waals surface area contributed by atoms with Gasteiger partial charge in [0.05, 0.1) is 13.2 Å². The van der Waals surface area contributed by atoms with E-state index in [0.717, 1.165) is 36.0 Å². The Balaban J connectivity index is 1.73. The molecule has 1 aliphatic rings. The summed E-state index contributed by atoms with van der Waals surface area (Å²) in [6.07, 6.45) is 4.58. The molecule has 0 unspecified atom stereocenters. The van der Waals surface area contributed by atoms with Crippen molar-refractivity contribution >= 4 is 6.09 Å². The smallest absolute Gasteiger partial charge is 0.410 e. The SMILES string of the molecule is COc1cc(C)c([C@@H]2CCCCN2C(=O)OCc2ccccc2)cn1. The molecule has 3 rings (SSSR count). The van der Waals surface area contributed by atoms with Crippen LogP contribution in [0, 0.1) is 6.92 Å². The van der Waals surface area contributed by atoms with Crippen LogP contribution in [0.3, 0.4) is 0 Å². The van der Waals surface area contributed by atoms with Crippen molar-refractivity contribution in [2.24, 2.45) is 0 Å². The molecule has 1 fully saturated rings. The minimum absolute atomic E-state index is 0.00966. The first-order valence-electron chi connectivity index (χ1n) is 8.67. The normalized spacial score (nSPS) is 17.2. The Hall–Kier alpha value is -2.56. The molecule has 1 amide bonds. The molecule has 1 atom stereocenters. The average Bonchev–Trinajstić information content (AvgIpc) is 2.67. The molecule has 0 spiro atoms. The first kappa shape index (κ1) is 17.3. The number of benzene rings is 1. The van der Waals surface area contributed by atoms with Crippen LogP contribution >= 0.6 is 0 Å². The van der Waals surface area contributed by atoms with Gasteiger partial charge in [-0.15, -0.1) is 0 Å². The van der Waals surface area contributed by atoms with Crippen molar-refractivity contribution < 1.29 is 14.3 Å². The number of nitrogens with zero attached hydrogens (tertiary/aromatic N) is 2. The van der Waals surface area contributed by atoms with Gasteiger partial charge >= 0.3 is 6.09 Å². The molecular weight excluding hydrogens is 316 g/mol. The third kappa shape index (κ3) is 4.10. The molecule has 1 aromatic carbocycles. The second-order valence-corrected chi connectivity index (χ2v) is 6.33. The zero-order valence-corrected chi connectivity index (χ0v) is 14.8. The van der Waals surface area contributed by atoms with Gasteiger partial charge in [-0.05, 0) is 42.9 Å². The quantitative estimate of drug-likeness (QED) is 0.834. The summed E-state index contributed by atoms with van der Waals surface area (Å²) in [6, 6.07) is 11.7. The molecule has 1 aliphatic heterocycles. The molecule has 0 radical (unpaired) electrons. The fraction of sp³-hybridized carbons (Fsp3) is 0.400. The van der Waals surface area contributed by atoms with Crippen LogP contribution in [-0.4, -0.2) is 29.6 Å². The van der Waals surface area contributed by atoms with E-state index in [1.54, 1.807) is 7.11 Å². The summed E-state index contributed by atoms with van der Waals surface area (Å²) in [4.78, 5) is 18.8. The van der Waals surface area contributed by atoms with Crippen molar-refractivity contribution in [1.29, 1.82) is 0 Å². The molecular formula is C20H24N2O3. The Labute approximate surface area is 148 Å². The number of hydrogen-bond donors (Lipinski definition) is 0. The van der Waals surface area contributed by atoms with Crippen LogP contribution in [0.1, 0.15) is 42.0 Å². The van der Waals surface area contributed by atoms with E-state index < -0.39 is 0 Å². The molecule has 0 aliphatic carbocycles. The first-order valence-corrected chi connectivity index (χ1v) is 8.67. The zero-order chi connectivity index (χ0) is 17.6. The van der Waals surface area contributed by atoms with Gasteiger partial charge in [-0.2, -0.15) is 0 Å². The van der Waals surface area contributed by atoms with Gasteiger partial charge in [0.2, 0.25) is 5.88 Å². The van der Waals surface area contributed by atoms with Crippen LogP contribution in [0.25, 0.3) is 0 Å². The molecule has 0 saturated carbocycles. The fourth-order valence-corrected chi connectivity index (χ4v) is 3.28. The number of aromatic nitrogens is 1. The van der Waals surface area contributed by atoms with Crippen LogP contribution in [0.15, 0.2) is 42.6 Å². The second kappa shape index (κ2) is 8.01. The maximum Gasteiger partial charge on any atom is 0.410 e. The summed E-state index contributed by atoms with van der Waals surface area (Å²) < 4.78 is 10.7. The lowest BCUT2D eigenvalue weighted by molar-refractivity contribution is 0.0677. The predicted molar refractivity (Wildman–Crippen MR) is 95.5 cm³/mol. The number of hydrogen-bond acceptors (Lipinski definition) is 4. The number of amides is 1. The zero-order valence-electron chi connectivity index (χ0n) is 14.8. The highest BCUT2D eigenvalue weighted by molar-refractivity contribution is 5.68. The second-order valence-electron chi connectivity index (χ2n) is 6.33. The van der Waals surface area contributed by atoms with Crippen molar-refractivity contribution in [2.45, 2.75) is 38.8 Å². The lowest BCUT2D eigenvalue weighted by Gasteiger charge is -2.35. The molecule has 25 heavy (non-hydrogen) atoms. The highest BCUT2D eigenvalue weighted by Gasteiger charge is 2.30. The largest absolute Gasteiger partial charge is 0.481 e. The van der Waals surface area contributed by atoms with Gasteiger partial charge < -0.3 is 14.4 Å². The third-order valence-corrected chi connectivity index (χ3v) is 4.64. The summed E-state index contributed by atoms with van der Waals surface area (Å²) in [5.41, 5.74) is 3.14. The van der Waals surface area contributed by atoms with Crippen LogP contribution in [0.5, 0.6) is 5.88 Å². The molecule has 5 heteroatoms. The van der Waals surface area contributed by atoms with E-state index in [9.17, 15) is 4.79 Å². The number of aryl methyl sites for hydroxylation is 1. The van der Waals surface area contributed by atoms with E-state index in [1.807, 2.05) is 54.4 Å². The maximum atomic E-state index is 12.6. The van der Waals surface area contributed by atoms with Crippen LogP contribution in [-0.2, 0) is 11.3 Å². The summed E-state index contributed by atoms with van der Waals surface area (Å²) in [5.74, 6) is 0.593. The Morgan fingerprint density at radius 2 is 2.08 bits per heavy atom. The number of methoxy groups -OCH3 is 1. The van der Waals surface area contributed by atoms with Crippen LogP contribution in [0.4, 0.5) is 4.79 Å². The molecule has 1 aromatic heterocycles. The number of rotatable bonds is 4. The molecule has 0 bridgehead atoms. The molecule has 1 saturated heterocycles. The number of piperidine rings is 1.